The number of hydrogen-bond acceptors (Lipinski definition) is 4. The highest BCUT2D eigenvalue weighted by Crippen LogP contribution is 2.08. The molecule has 0 aliphatic carbocycles. The van der Waals surface area contributed by atoms with Gasteiger partial charge in [0.05, 0.1) is 12.9 Å². The minimum atomic E-state index is -0.737. The van der Waals surface area contributed by atoms with Crippen molar-refractivity contribution in [3.63, 3.8) is 0 Å². The molecule has 4 heteroatoms. The van der Waals surface area contributed by atoms with E-state index in [1.165, 1.54) is 0 Å². The molecule has 1 aliphatic rings. The average Bonchev–Trinajstić information content (AvgIpc) is 1.88. The van der Waals surface area contributed by atoms with Crippen molar-refractivity contribution in [2.24, 2.45) is 0 Å². The molecular formula is C6H6O4. The smallest absolute Gasteiger partial charge is 0.344 e. The Morgan fingerprint density at radius 2 is 2.20 bits per heavy atom. The molecule has 0 saturated carbocycles. The summed E-state index contributed by atoms with van der Waals surface area (Å²) in [6.45, 7) is 0.120. The Morgan fingerprint density at radius 3 is 2.60 bits per heavy atom. The third-order valence-corrected chi connectivity index (χ3v) is 1.21. The first-order valence-electron chi connectivity index (χ1n) is 2.80. The van der Waals surface area contributed by atoms with E-state index in [1.807, 2.05) is 0 Å². The summed E-state index contributed by atoms with van der Waals surface area (Å²) in [5.74, 6) is -1.10. The monoisotopic (exact) mass is 142 g/mol. The van der Waals surface area contributed by atoms with Gasteiger partial charge in [-0.1, -0.05) is 0 Å². The number of hydrogen-bond donors (Lipinski definition) is 1. The van der Waals surface area contributed by atoms with Gasteiger partial charge in [-0.05, 0) is 0 Å². The number of aliphatic hydroxyl groups excluding tert-OH is 1. The predicted molar refractivity (Wildman–Crippen MR) is 31.3 cm³/mol. The van der Waals surface area contributed by atoms with Crippen molar-refractivity contribution in [2.45, 2.75) is 6.42 Å². The molecule has 0 atom stereocenters. The van der Waals surface area contributed by atoms with Gasteiger partial charge in [0.1, 0.15) is 5.57 Å². The number of esters is 1. The molecule has 1 fully saturated rings. The zero-order valence-corrected chi connectivity index (χ0v) is 5.16. The van der Waals surface area contributed by atoms with Crippen LogP contribution >= 0.6 is 0 Å². The summed E-state index contributed by atoms with van der Waals surface area (Å²) in [4.78, 5) is 21.3. The van der Waals surface area contributed by atoms with Crippen LogP contribution in [0.2, 0.25) is 0 Å². The quantitative estimate of drug-likeness (QED) is 0.223. The third-order valence-electron chi connectivity index (χ3n) is 1.21. The summed E-state index contributed by atoms with van der Waals surface area (Å²) in [6.07, 6.45) is 0.655. The molecule has 54 valence electrons. The van der Waals surface area contributed by atoms with E-state index in [1.54, 1.807) is 0 Å². The highest BCUT2D eigenvalue weighted by atomic mass is 16.5. The molecule has 1 heterocycles. The number of cyclic esters (lactones) is 1. The Hall–Kier alpha value is -1.32. The van der Waals surface area contributed by atoms with Crippen molar-refractivity contribution in [1.29, 1.82) is 0 Å². The molecule has 0 unspecified atom stereocenters. The van der Waals surface area contributed by atoms with E-state index in [4.69, 9.17) is 5.11 Å². The lowest BCUT2D eigenvalue weighted by atomic mass is 10.1. The molecule has 0 spiro atoms. The molecule has 4 nitrogen and oxygen atoms in total. The maximum atomic E-state index is 10.7. The molecule has 0 radical (unpaired) electrons. The van der Waals surface area contributed by atoms with Crippen LogP contribution in [0.25, 0.3) is 0 Å². The van der Waals surface area contributed by atoms with Gasteiger partial charge >= 0.3 is 5.97 Å². The lowest BCUT2D eigenvalue weighted by Gasteiger charge is -2.10. The number of Topliss-reactive ketones (excluding diaryl/α,β-unsaturated/α-hetero) is 1. The van der Waals surface area contributed by atoms with Gasteiger partial charge in [0, 0.05) is 6.42 Å². The van der Waals surface area contributed by atoms with Gasteiger partial charge in [-0.15, -0.1) is 0 Å². The van der Waals surface area contributed by atoms with Crippen LogP contribution in [0, 0.1) is 0 Å². The summed E-state index contributed by atoms with van der Waals surface area (Å²) >= 11 is 0. The van der Waals surface area contributed by atoms with E-state index < -0.39 is 5.97 Å². The molecule has 0 bridgehead atoms. The number of carbonyl (C=O) groups excluding carboxylic acids is 2. The van der Waals surface area contributed by atoms with Crippen molar-refractivity contribution < 1.29 is 19.4 Å². The predicted octanol–water partition coefficient (Wildman–Crippen LogP) is -0.0557. The van der Waals surface area contributed by atoms with Crippen molar-refractivity contribution in [1.82, 2.24) is 0 Å². The average molecular weight is 142 g/mol. The Morgan fingerprint density at radius 1 is 1.50 bits per heavy atom. The van der Waals surface area contributed by atoms with Gasteiger partial charge in [0.25, 0.3) is 0 Å². The summed E-state index contributed by atoms with van der Waals surface area (Å²) in [7, 11) is 0. The van der Waals surface area contributed by atoms with Crippen molar-refractivity contribution >= 4 is 11.8 Å². The van der Waals surface area contributed by atoms with Gasteiger partial charge in [0.2, 0.25) is 0 Å². The maximum absolute atomic E-state index is 10.7. The largest absolute Gasteiger partial charge is 0.515 e. The van der Waals surface area contributed by atoms with Gasteiger partial charge in [-0.25, -0.2) is 4.79 Å². The number of rotatable bonds is 0. The highest BCUT2D eigenvalue weighted by molar-refractivity contribution is 6.18. The first-order chi connectivity index (χ1) is 4.75. The number of carbonyl (C=O) groups is 2. The standard InChI is InChI=1S/C6H6O4/c7-3-4-5(8)1-2-10-6(4)9/h3,7H,1-2H2/b4-3-. The van der Waals surface area contributed by atoms with Gasteiger partial charge in [-0.2, -0.15) is 0 Å². The van der Waals surface area contributed by atoms with Crippen molar-refractivity contribution in [2.75, 3.05) is 6.61 Å². The number of ketones is 1. The van der Waals surface area contributed by atoms with E-state index in [0.717, 1.165) is 0 Å². The first kappa shape index (κ1) is 6.80. The summed E-state index contributed by atoms with van der Waals surface area (Å²) < 4.78 is 4.46. The minimum Gasteiger partial charge on any atom is -0.515 e. The second-order valence-electron chi connectivity index (χ2n) is 1.85. The van der Waals surface area contributed by atoms with E-state index in [-0.39, 0.29) is 24.4 Å². The SMILES string of the molecule is O=C1CCOC(=O)/C1=C\O. The highest BCUT2D eigenvalue weighted by Gasteiger charge is 2.24. The normalized spacial score (nSPS) is 23.0. The molecule has 1 aliphatic heterocycles. The second kappa shape index (κ2) is 2.51. The van der Waals surface area contributed by atoms with Crippen LogP contribution in [-0.4, -0.2) is 23.5 Å². The van der Waals surface area contributed by atoms with E-state index in [9.17, 15) is 9.59 Å². The summed E-state index contributed by atoms with van der Waals surface area (Å²) in [6, 6.07) is 0. The van der Waals surface area contributed by atoms with Crippen LogP contribution in [0.15, 0.2) is 11.8 Å². The minimum absolute atomic E-state index is 0.120. The molecule has 0 amide bonds. The van der Waals surface area contributed by atoms with Gasteiger partial charge < -0.3 is 9.84 Å². The fraction of sp³-hybridized carbons (Fsp3) is 0.333. The molecule has 0 aromatic heterocycles. The molecule has 1 saturated heterocycles. The van der Waals surface area contributed by atoms with Crippen molar-refractivity contribution in [3.8, 4) is 0 Å². The number of ether oxygens (including phenoxy) is 1. The third kappa shape index (κ3) is 1.00. The van der Waals surface area contributed by atoms with E-state index in [2.05, 4.69) is 4.74 Å². The maximum Gasteiger partial charge on any atom is 0.344 e. The Bertz CT molecular complexity index is 186. The van der Waals surface area contributed by atoms with Crippen LogP contribution in [0.1, 0.15) is 6.42 Å². The van der Waals surface area contributed by atoms with Crippen molar-refractivity contribution in [3.05, 3.63) is 11.8 Å². The zero-order valence-electron chi connectivity index (χ0n) is 5.16. The molecule has 1 rings (SSSR count). The second-order valence-corrected chi connectivity index (χ2v) is 1.85. The van der Waals surface area contributed by atoms with Crippen LogP contribution in [-0.2, 0) is 14.3 Å². The molecule has 0 aromatic rings. The molecule has 0 aromatic carbocycles. The van der Waals surface area contributed by atoms with Crippen LogP contribution in [0.3, 0.4) is 0 Å². The number of aliphatic hydroxyl groups is 1. The summed E-state index contributed by atoms with van der Waals surface area (Å²) in [5.41, 5.74) is -0.258. The van der Waals surface area contributed by atoms with E-state index >= 15 is 0 Å². The Labute approximate surface area is 57.1 Å². The Balaban J connectivity index is 2.83. The Kier molecular flexibility index (Phi) is 1.71. The van der Waals surface area contributed by atoms with E-state index in [0.29, 0.717) is 6.26 Å². The molecular weight excluding hydrogens is 136 g/mol. The van der Waals surface area contributed by atoms with Gasteiger partial charge in [-0.3, -0.25) is 4.79 Å². The fourth-order valence-electron chi connectivity index (χ4n) is 0.687. The van der Waals surface area contributed by atoms with Crippen LogP contribution in [0.5, 0.6) is 0 Å². The molecule has 10 heavy (non-hydrogen) atoms. The topological polar surface area (TPSA) is 63.6 Å². The fourth-order valence-corrected chi connectivity index (χ4v) is 0.687. The van der Waals surface area contributed by atoms with Gasteiger partial charge in [0.15, 0.2) is 5.78 Å². The molecule has 1 N–H and O–H groups in total. The lowest BCUT2D eigenvalue weighted by Crippen LogP contribution is -2.24. The first-order valence-corrected chi connectivity index (χ1v) is 2.80. The van der Waals surface area contributed by atoms with Crippen LogP contribution in [0.4, 0.5) is 0 Å². The lowest BCUT2D eigenvalue weighted by molar-refractivity contribution is -0.144. The summed E-state index contributed by atoms with van der Waals surface area (Å²) in [5, 5.41) is 8.35. The van der Waals surface area contributed by atoms with Crippen LogP contribution < -0.4 is 0 Å². The zero-order chi connectivity index (χ0) is 7.56.